The first-order valence-corrected chi connectivity index (χ1v) is 7.85. The summed E-state index contributed by atoms with van der Waals surface area (Å²) in [7, 11) is 0. The first-order valence-electron chi connectivity index (χ1n) is 6.73. The minimum Gasteiger partial charge on any atom is -0.480 e. The van der Waals surface area contributed by atoms with Gasteiger partial charge in [-0.25, -0.2) is 4.79 Å². The summed E-state index contributed by atoms with van der Waals surface area (Å²) >= 11 is 3.36. The Morgan fingerprint density at radius 2 is 2.36 bits per heavy atom. The second-order valence-electron chi connectivity index (χ2n) is 4.80. The van der Waals surface area contributed by atoms with Crippen molar-refractivity contribution in [2.75, 3.05) is 11.9 Å². The van der Waals surface area contributed by atoms with E-state index < -0.39 is 12.0 Å². The average Bonchev–Trinajstić information content (AvgIpc) is 3.14. The van der Waals surface area contributed by atoms with Crippen molar-refractivity contribution >= 4 is 21.9 Å². The summed E-state index contributed by atoms with van der Waals surface area (Å²) in [6, 6.07) is 0.684. The van der Waals surface area contributed by atoms with Gasteiger partial charge in [-0.15, -0.1) is 15.0 Å². The Labute approximate surface area is 134 Å². The number of aliphatic carboxylic acids is 1. The van der Waals surface area contributed by atoms with Gasteiger partial charge in [-0.1, -0.05) is 29.8 Å². The number of nitrogens with zero attached hydrogens (tertiary/aromatic N) is 5. The fraction of sp³-hybridized carbons (Fsp3) is 0.583. The van der Waals surface area contributed by atoms with Gasteiger partial charge in [-0.2, -0.15) is 0 Å². The van der Waals surface area contributed by atoms with Gasteiger partial charge in [0, 0.05) is 5.33 Å². The van der Waals surface area contributed by atoms with Crippen LogP contribution >= 0.6 is 15.9 Å². The Kier molecular flexibility index (Phi) is 5.47. The molecule has 0 fully saturated rings. The largest absolute Gasteiger partial charge is 0.480 e. The lowest BCUT2D eigenvalue weighted by atomic mass is 10.2. The van der Waals surface area contributed by atoms with Crippen molar-refractivity contribution in [1.29, 1.82) is 0 Å². The van der Waals surface area contributed by atoms with E-state index in [4.69, 9.17) is 14.4 Å². The summed E-state index contributed by atoms with van der Waals surface area (Å²) in [5, 5.41) is 25.2. The van der Waals surface area contributed by atoms with E-state index in [2.05, 4.69) is 36.5 Å². The van der Waals surface area contributed by atoms with Crippen LogP contribution in [0, 0.1) is 5.92 Å². The van der Waals surface area contributed by atoms with Crippen molar-refractivity contribution in [2.24, 2.45) is 5.92 Å². The predicted molar refractivity (Wildman–Crippen MR) is 78.7 cm³/mol. The predicted octanol–water partition coefficient (Wildman–Crippen LogP) is 1.77. The van der Waals surface area contributed by atoms with Crippen LogP contribution in [0.25, 0.3) is 11.6 Å². The molecule has 0 saturated heterocycles. The summed E-state index contributed by atoms with van der Waals surface area (Å²) < 4.78 is 10.6. The van der Waals surface area contributed by atoms with Crippen molar-refractivity contribution in [3.8, 4) is 17.5 Å². The number of rotatable bonds is 8. The van der Waals surface area contributed by atoms with Crippen LogP contribution in [-0.2, 0) is 4.79 Å². The molecule has 0 aliphatic rings. The molecule has 0 radical (unpaired) electrons. The highest BCUT2D eigenvalue weighted by atomic mass is 79.9. The van der Waals surface area contributed by atoms with Gasteiger partial charge in [0.05, 0.1) is 12.7 Å². The maximum absolute atomic E-state index is 11.1. The van der Waals surface area contributed by atoms with Gasteiger partial charge in [0.1, 0.15) is 0 Å². The molecular weight excluding hydrogens is 358 g/mol. The molecule has 22 heavy (non-hydrogen) atoms. The zero-order valence-corrected chi connectivity index (χ0v) is 13.7. The standard InChI is InChI=1S/C12H16BrN5O4/c1-3-8(12(19)20)18-15-11(14-17-18)9-4-10(16-22-9)21-6-7(2)5-13/h4,7-8H,3,5-6H2,1-2H3,(H,19,20). The number of hydrogen-bond acceptors (Lipinski definition) is 7. The van der Waals surface area contributed by atoms with Gasteiger partial charge in [0.15, 0.2) is 6.04 Å². The number of halogens is 1. The smallest absolute Gasteiger partial charge is 0.330 e. The lowest BCUT2D eigenvalue weighted by Crippen LogP contribution is -2.20. The second kappa shape index (κ2) is 7.34. The number of hydrogen-bond donors (Lipinski definition) is 1. The number of alkyl halides is 1. The van der Waals surface area contributed by atoms with Crippen LogP contribution < -0.4 is 4.74 Å². The Hall–Kier alpha value is -1.97. The van der Waals surface area contributed by atoms with E-state index in [0.29, 0.717) is 24.8 Å². The Morgan fingerprint density at radius 1 is 1.59 bits per heavy atom. The van der Waals surface area contributed by atoms with Crippen molar-refractivity contribution in [1.82, 2.24) is 25.4 Å². The molecule has 9 nitrogen and oxygen atoms in total. The zero-order valence-electron chi connectivity index (χ0n) is 12.1. The van der Waals surface area contributed by atoms with E-state index in [1.165, 1.54) is 0 Å². The molecule has 2 unspecified atom stereocenters. The second-order valence-corrected chi connectivity index (χ2v) is 5.44. The molecule has 120 valence electrons. The topological polar surface area (TPSA) is 116 Å². The van der Waals surface area contributed by atoms with Crippen LogP contribution in [0.3, 0.4) is 0 Å². The molecule has 1 N–H and O–H groups in total. The normalized spacial score (nSPS) is 13.8. The number of aromatic nitrogens is 5. The highest BCUT2D eigenvalue weighted by Gasteiger charge is 2.22. The monoisotopic (exact) mass is 373 g/mol. The maximum Gasteiger partial charge on any atom is 0.330 e. The van der Waals surface area contributed by atoms with Crippen LogP contribution in [-0.4, -0.2) is 48.4 Å². The molecule has 2 heterocycles. The van der Waals surface area contributed by atoms with Crippen LogP contribution in [0.5, 0.6) is 5.88 Å². The molecule has 2 aromatic heterocycles. The van der Waals surface area contributed by atoms with Crippen molar-refractivity contribution in [2.45, 2.75) is 26.3 Å². The van der Waals surface area contributed by atoms with Gasteiger partial charge in [-0.05, 0) is 22.7 Å². The minimum absolute atomic E-state index is 0.163. The number of carboxylic acids is 1. The quantitative estimate of drug-likeness (QED) is 0.695. The minimum atomic E-state index is -1.02. The molecule has 0 aromatic carbocycles. The van der Waals surface area contributed by atoms with E-state index in [1.807, 2.05) is 6.92 Å². The first-order chi connectivity index (χ1) is 10.5. The summed E-state index contributed by atoms with van der Waals surface area (Å²) in [6.45, 7) is 4.25. The highest BCUT2D eigenvalue weighted by Crippen LogP contribution is 2.21. The van der Waals surface area contributed by atoms with E-state index in [-0.39, 0.29) is 11.6 Å². The number of ether oxygens (including phenoxy) is 1. The van der Waals surface area contributed by atoms with Gasteiger partial charge < -0.3 is 14.4 Å². The highest BCUT2D eigenvalue weighted by molar-refractivity contribution is 9.09. The third kappa shape index (κ3) is 3.81. The van der Waals surface area contributed by atoms with Gasteiger partial charge in [0.2, 0.25) is 11.6 Å². The third-order valence-corrected chi connectivity index (χ3v) is 3.97. The molecular formula is C12H16BrN5O4. The van der Waals surface area contributed by atoms with Crippen molar-refractivity contribution < 1.29 is 19.2 Å². The summed E-state index contributed by atoms with van der Waals surface area (Å²) in [4.78, 5) is 12.1. The van der Waals surface area contributed by atoms with Crippen molar-refractivity contribution in [3.63, 3.8) is 0 Å². The molecule has 0 spiro atoms. The number of tetrazole rings is 1. The van der Waals surface area contributed by atoms with E-state index in [9.17, 15) is 4.79 Å². The average molecular weight is 374 g/mol. The van der Waals surface area contributed by atoms with Crippen LogP contribution in [0.1, 0.15) is 26.3 Å². The Morgan fingerprint density at radius 3 is 3.00 bits per heavy atom. The van der Waals surface area contributed by atoms with Crippen LogP contribution in [0.4, 0.5) is 0 Å². The van der Waals surface area contributed by atoms with Gasteiger partial charge >= 0.3 is 5.97 Å². The van der Waals surface area contributed by atoms with E-state index >= 15 is 0 Å². The van der Waals surface area contributed by atoms with Crippen molar-refractivity contribution in [3.05, 3.63) is 6.07 Å². The molecule has 2 rings (SSSR count). The summed E-state index contributed by atoms with van der Waals surface area (Å²) in [5.41, 5.74) is 0. The van der Waals surface area contributed by atoms with Crippen LogP contribution in [0.15, 0.2) is 10.6 Å². The first kappa shape index (κ1) is 16.4. The fourth-order valence-electron chi connectivity index (χ4n) is 1.60. The third-order valence-electron chi connectivity index (χ3n) is 2.87. The van der Waals surface area contributed by atoms with Gasteiger partial charge in [0.25, 0.3) is 5.88 Å². The lowest BCUT2D eigenvalue weighted by molar-refractivity contribution is -0.141. The fourth-order valence-corrected chi connectivity index (χ4v) is 1.78. The maximum atomic E-state index is 11.1. The lowest BCUT2D eigenvalue weighted by Gasteiger charge is -2.06. The molecule has 2 aromatic rings. The summed E-state index contributed by atoms with van der Waals surface area (Å²) in [5.74, 6) is 0.0739. The molecule has 0 aliphatic heterocycles. The van der Waals surface area contributed by atoms with Crippen LogP contribution in [0.2, 0.25) is 0 Å². The molecule has 2 atom stereocenters. The molecule has 0 bridgehead atoms. The Bertz CT molecular complexity index is 629. The summed E-state index contributed by atoms with van der Waals surface area (Å²) in [6.07, 6.45) is 0.348. The zero-order chi connectivity index (χ0) is 16.1. The number of carbonyl (C=O) groups is 1. The molecule has 0 aliphatic carbocycles. The van der Waals surface area contributed by atoms with E-state index in [1.54, 1.807) is 13.0 Å². The molecule has 10 heteroatoms. The van der Waals surface area contributed by atoms with Gasteiger partial charge in [-0.3, -0.25) is 0 Å². The SMILES string of the molecule is CCC(C(=O)O)n1nnc(-c2cc(OCC(C)CBr)no2)n1. The molecule has 0 amide bonds. The Balaban J connectivity index is 2.08. The number of carboxylic acid groups (broad SMARTS) is 1. The van der Waals surface area contributed by atoms with E-state index in [0.717, 1.165) is 10.1 Å². The molecule has 0 saturated carbocycles.